The zero-order valence-electron chi connectivity index (χ0n) is 21.2. The van der Waals surface area contributed by atoms with Crippen LogP contribution in [0, 0.1) is 0 Å². The quantitative estimate of drug-likeness (QED) is 0.238. The molecule has 9 nitrogen and oxygen atoms in total. The summed E-state index contributed by atoms with van der Waals surface area (Å²) in [5.74, 6) is 1.28. The molecule has 3 aromatic rings. The summed E-state index contributed by atoms with van der Waals surface area (Å²) >= 11 is 5.86. The number of nitrogens with zero attached hydrogens (tertiary/aromatic N) is 1. The first-order valence-corrected chi connectivity index (χ1v) is 13.3. The number of aromatic nitrogens is 1. The molecule has 0 aliphatic carbocycles. The van der Waals surface area contributed by atoms with Gasteiger partial charge < -0.3 is 24.3 Å². The predicted molar refractivity (Wildman–Crippen MR) is 147 cm³/mol. The van der Waals surface area contributed by atoms with Gasteiger partial charge in [0.2, 0.25) is 0 Å². The highest BCUT2D eigenvalue weighted by atomic mass is 35.5. The van der Waals surface area contributed by atoms with E-state index in [0.29, 0.717) is 39.1 Å². The van der Waals surface area contributed by atoms with Gasteiger partial charge in [0.25, 0.3) is 0 Å². The van der Waals surface area contributed by atoms with E-state index in [1.54, 1.807) is 48.5 Å². The molecule has 0 aliphatic rings. The largest absolute Gasteiger partial charge is 0.496 e. The summed E-state index contributed by atoms with van der Waals surface area (Å²) in [5, 5.41) is 4.48. The minimum atomic E-state index is -3.75. The molecule has 1 heterocycles. The number of carbonyl (C=O) groups is 1. The molecule has 1 aromatic heterocycles. The van der Waals surface area contributed by atoms with Gasteiger partial charge in [0.05, 0.1) is 45.4 Å². The molecule has 11 heteroatoms. The van der Waals surface area contributed by atoms with Gasteiger partial charge in [0, 0.05) is 40.4 Å². The number of rotatable bonds is 12. The van der Waals surface area contributed by atoms with Crippen molar-refractivity contribution in [3.8, 4) is 23.0 Å². The fraction of sp³-hybridized carbons (Fsp3) is 0.185. The number of pyridine rings is 1. The summed E-state index contributed by atoms with van der Waals surface area (Å²) in [6, 6.07) is 12.9. The SMILES string of the molecule is COc1cc(OC)c(C=CS(=O)(=O)Cc2ccc(OC)c(NC=CC(=O)c3ccc(Cl)cc3)n2)c(OC)c1. The second-order valence-corrected chi connectivity index (χ2v) is 10.1. The van der Waals surface area contributed by atoms with Crippen molar-refractivity contribution in [3.05, 3.63) is 88.1 Å². The minimum Gasteiger partial charge on any atom is -0.496 e. The third-order valence-electron chi connectivity index (χ3n) is 5.26. The molecule has 0 saturated heterocycles. The minimum absolute atomic E-state index is 0.249. The third-order valence-corrected chi connectivity index (χ3v) is 6.76. The molecule has 0 amide bonds. The maximum atomic E-state index is 12.9. The Morgan fingerprint density at radius 3 is 2.13 bits per heavy atom. The van der Waals surface area contributed by atoms with Crippen molar-refractivity contribution in [2.45, 2.75) is 5.75 Å². The summed E-state index contributed by atoms with van der Waals surface area (Å²) in [6.45, 7) is 0. The number of benzene rings is 2. The summed E-state index contributed by atoms with van der Waals surface area (Å²) < 4.78 is 47.0. The highest BCUT2D eigenvalue weighted by Crippen LogP contribution is 2.35. The van der Waals surface area contributed by atoms with E-state index < -0.39 is 9.84 Å². The first-order valence-electron chi connectivity index (χ1n) is 11.2. The number of hydrogen-bond acceptors (Lipinski definition) is 9. The van der Waals surface area contributed by atoms with Crippen LogP contribution in [-0.2, 0) is 15.6 Å². The molecule has 1 N–H and O–H groups in total. The molecule has 3 rings (SSSR count). The number of halogens is 1. The van der Waals surface area contributed by atoms with Gasteiger partial charge in [0.1, 0.15) is 17.2 Å². The molecular formula is C27H27ClN2O7S. The summed E-state index contributed by atoms with van der Waals surface area (Å²) in [6.07, 6.45) is 4.13. The van der Waals surface area contributed by atoms with Crippen molar-refractivity contribution in [2.75, 3.05) is 33.8 Å². The molecule has 0 aliphatic heterocycles. The van der Waals surface area contributed by atoms with Gasteiger partial charge in [-0.3, -0.25) is 4.79 Å². The zero-order chi connectivity index (χ0) is 27.7. The Morgan fingerprint density at radius 2 is 1.55 bits per heavy atom. The lowest BCUT2D eigenvalue weighted by Crippen LogP contribution is -2.05. The van der Waals surface area contributed by atoms with Crippen LogP contribution < -0.4 is 24.3 Å². The van der Waals surface area contributed by atoms with Crippen LogP contribution in [-0.4, -0.2) is 47.6 Å². The molecule has 0 fully saturated rings. The van der Waals surface area contributed by atoms with Crippen LogP contribution in [0.2, 0.25) is 5.02 Å². The molecule has 200 valence electrons. The van der Waals surface area contributed by atoms with Gasteiger partial charge in [-0.15, -0.1) is 0 Å². The van der Waals surface area contributed by atoms with Crippen molar-refractivity contribution < 1.29 is 32.2 Å². The molecule has 0 radical (unpaired) electrons. The van der Waals surface area contributed by atoms with Crippen LogP contribution in [0.4, 0.5) is 5.82 Å². The normalized spacial score (nSPS) is 11.5. The second kappa shape index (κ2) is 13.0. The summed E-state index contributed by atoms with van der Waals surface area (Å²) in [5.41, 5.74) is 1.17. The van der Waals surface area contributed by atoms with Crippen molar-refractivity contribution >= 4 is 39.1 Å². The lowest BCUT2D eigenvalue weighted by molar-refractivity contribution is 0.104. The molecule has 0 unspecified atom stereocenters. The van der Waals surface area contributed by atoms with Crippen LogP contribution in [0.25, 0.3) is 6.08 Å². The van der Waals surface area contributed by atoms with E-state index in [-0.39, 0.29) is 23.0 Å². The number of ether oxygens (including phenoxy) is 4. The van der Waals surface area contributed by atoms with E-state index in [9.17, 15) is 13.2 Å². The van der Waals surface area contributed by atoms with E-state index in [1.807, 2.05) is 0 Å². The van der Waals surface area contributed by atoms with Crippen molar-refractivity contribution in [2.24, 2.45) is 0 Å². The van der Waals surface area contributed by atoms with E-state index in [2.05, 4.69) is 10.3 Å². The first-order chi connectivity index (χ1) is 18.2. The smallest absolute Gasteiger partial charge is 0.187 e. The van der Waals surface area contributed by atoms with E-state index >= 15 is 0 Å². The Labute approximate surface area is 226 Å². The van der Waals surface area contributed by atoms with E-state index in [4.69, 9.17) is 30.5 Å². The lowest BCUT2D eigenvalue weighted by Gasteiger charge is -2.12. The number of methoxy groups -OCH3 is 4. The van der Waals surface area contributed by atoms with Crippen LogP contribution in [0.5, 0.6) is 23.0 Å². The van der Waals surface area contributed by atoms with E-state index in [1.165, 1.54) is 46.8 Å². The highest BCUT2D eigenvalue weighted by molar-refractivity contribution is 7.93. The van der Waals surface area contributed by atoms with Gasteiger partial charge in [-0.1, -0.05) is 11.6 Å². The van der Waals surface area contributed by atoms with Crippen molar-refractivity contribution in [1.82, 2.24) is 4.98 Å². The lowest BCUT2D eigenvalue weighted by atomic mass is 10.1. The number of ketones is 1. The van der Waals surface area contributed by atoms with Crippen molar-refractivity contribution in [1.29, 1.82) is 0 Å². The first kappa shape index (κ1) is 28.5. The molecule has 0 saturated carbocycles. The Morgan fingerprint density at radius 1 is 0.921 bits per heavy atom. The molecule has 0 spiro atoms. The molecule has 0 atom stereocenters. The number of allylic oxidation sites excluding steroid dienone is 1. The number of nitrogens with one attached hydrogen (secondary N) is 1. The maximum absolute atomic E-state index is 12.9. The molecular weight excluding hydrogens is 532 g/mol. The number of anilines is 1. The fourth-order valence-electron chi connectivity index (χ4n) is 3.36. The standard InChI is InChI=1S/C27H27ClN2O7S/c1-34-21-15-25(36-3)22(26(16-21)37-4)12-14-38(32,33)17-20-9-10-24(35-2)27(30-20)29-13-11-23(31)18-5-7-19(28)8-6-18/h5-16H,17H2,1-4H3,(H,29,30). The Bertz CT molecular complexity index is 1430. The van der Waals surface area contributed by atoms with Gasteiger partial charge in [-0.2, -0.15) is 0 Å². The highest BCUT2D eigenvalue weighted by Gasteiger charge is 2.15. The number of hydrogen-bond donors (Lipinski definition) is 1. The molecule has 0 bridgehead atoms. The van der Waals surface area contributed by atoms with Crippen molar-refractivity contribution in [3.63, 3.8) is 0 Å². The summed E-state index contributed by atoms with van der Waals surface area (Å²) in [7, 11) is 2.15. The van der Waals surface area contributed by atoms with Gasteiger partial charge in [-0.05, 0) is 42.5 Å². The zero-order valence-corrected chi connectivity index (χ0v) is 22.8. The van der Waals surface area contributed by atoms with Crippen LogP contribution in [0.15, 0.2) is 66.2 Å². The number of carbonyl (C=O) groups excluding carboxylic acids is 1. The predicted octanol–water partition coefficient (Wildman–Crippen LogP) is 5.16. The maximum Gasteiger partial charge on any atom is 0.187 e. The van der Waals surface area contributed by atoms with Crippen LogP contribution >= 0.6 is 11.6 Å². The van der Waals surface area contributed by atoms with Crippen LogP contribution in [0.1, 0.15) is 21.6 Å². The monoisotopic (exact) mass is 558 g/mol. The van der Waals surface area contributed by atoms with Crippen LogP contribution in [0.3, 0.4) is 0 Å². The number of sulfone groups is 1. The summed E-state index contributed by atoms with van der Waals surface area (Å²) in [4.78, 5) is 16.7. The second-order valence-electron chi connectivity index (χ2n) is 7.76. The van der Waals surface area contributed by atoms with Gasteiger partial charge in [-0.25, -0.2) is 13.4 Å². The van der Waals surface area contributed by atoms with Gasteiger partial charge in [0.15, 0.2) is 27.2 Å². The Hall–Kier alpha value is -4.02. The topological polar surface area (TPSA) is 113 Å². The fourth-order valence-corrected chi connectivity index (χ4v) is 4.50. The third kappa shape index (κ3) is 7.50. The average Bonchev–Trinajstić information content (AvgIpc) is 2.91. The molecule has 2 aromatic carbocycles. The Balaban J connectivity index is 1.78. The average molecular weight is 559 g/mol. The van der Waals surface area contributed by atoms with Gasteiger partial charge >= 0.3 is 0 Å². The molecule has 38 heavy (non-hydrogen) atoms. The Kier molecular flexibility index (Phi) is 9.75. The van der Waals surface area contributed by atoms with E-state index in [0.717, 1.165) is 5.41 Å².